The summed E-state index contributed by atoms with van der Waals surface area (Å²) in [5, 5.41) is 9.91. The molecule has 2 rings (SSSR count). The topological polar surface area (TPSA) is 57.8 Å². The van der Waals surface area contributed by atoms with Crippen LogP contribution in [0.5, 0.6) is 0 Å². The molecule has 100 valence electrons. The van der Waals surface area contributed by atoms with E-state index in [9.17, 15) is 4.79 Å². The molecule has 0 atom stereocenters. The van der Waals surface area contributed by atoms with Crippen LogP contribution in [0, 0.1) is 13.8 Å². The van der Waals surface area contributed by atoms with Crippen molar-refractivity contribution in [2.45, 2.75) is 33.6 Å². The Morgan fingerprint density at radius 1 is 1.37 bits per heavy atom. The predicted molar refractivity (Wildman–Crippen MR) is 76.2 cm³/mol. The van der Waals surface area contributed by atoms with Crippen LogP contribution in [0.1, 0.15) is 29.4 Å². The summed E-state index contributed by atoms with van der Waals surface area (Å²) in [6, 6.07) is 7.95. The van der Waals surface area contributed by atoms with Crippen molar-refractivity contribution < 1.29 is 4.79 Å². The number of anilines is 1. The Morgan fingerprint density at radius 2 is 2.16 bits per heavy atom. The summed E-state index contributed by atoms with van der Waals surface area (Å²) in [6.45, 7) is 6.01. The molecule has 1 aromatic carbocycles. The van der Waals surface area contributed by atoms with Crippen LogP contribution < -0.4 is 5.32 Å². The Kier molecular flexibility index (Phi) is 4.00. The van der Waals surface area contributed by atoms with Crippen LogP contribution in [0.25, 0.3) is 0 Å². The minimum Gasteiger partial charge on any atom is -0.325 e. The van der Waals surface area contributed by atoms with Crippen LogP contribution in [-0.2, 0) is 17.6 Å². The lowest BCUT2D eigenvalue weighted by Gasteiger charge is -2.12. The van der Waals surface area contributed by atoms with Gasteiger partial charge in [0.25, 0.3) is 0 Å². The third-order valence-corrected chi connectivity index (χ3v) is 3.11. The summed E-state index contributed by atoms with van der Waals surface area (Å²) >= 11 is 0. The molecule has 19 heavy (non-hydrogen) atoms. The second-order valence-corrected chi connectivity index (χ2v) is 4.73. The average molecular weight is 257 g/mol. The monoisotopic (exact) mass is 257 g/mol. The van der Waals surface area contributed by atoms with Gasteiger partial charge in [0.15, 0.2) is 0 Å². The van der Waals surface area contributed by atoms with Crippen molar-refractivity contribution in [3.63, 3.8) is 0 Å². The molecule has 2 aromatic rings. The van der Waals surface area contributed by atoms with E-state index in [2.05, 4.69) is 22.4 Å². The molecule has 4 heteroatoms. The number of hydrogen-bond donors (Lipinski definition) is 2. The molecule has 1 amide bonds. The number of nitrogens with one attached hydrogen (secondary N) is 2. The predicted octanol–water partition coefficient (Wildman–Crippen LogP) is 2.77. The number of H-pyrrole nitrogens is 1. The van der Waals surface area contributed by atoms with Crippen LogP contribution in [0.2, 0.25) is 0 Å². The molecule has 0 fully saturated rings. The first kappa shape index (κ1) is 13.3. The number of hydrogen-bond acceptors (Lipinski definition) is 2. The molecule has 0 aliphatic rings. The molecule has 0 saturated heterocycles. The van der Waals surface area contributed by atoms with E-state index < -0.39 is 0 Å². The zero-order valence-electron chi connectivity index (χ0n) is 11.6. The van der Waals surface area contributed by atoms with E-state index in [0.29, 0.717) is 6.42 Å². The molecule has 0 saturated carbocycles. The average Bonchev–Trinajstić information content (AvgIpc) is 2.77. The number of benzene rings is 1. The van der Waals surface area contributed by atoms with Gasteiger partial charge < -0.3 is 5.32 Å². The third kappa shape index (κ3) is 3.22. The quantitative estimate of drug-likeness (QED) is 0.884. The van der Waals surface area contributed by atoms with Gasteiger partial charge in [-0.2, -0.15) is 5.10 Å². The van der Waals surface area contributed by atoms with Crippen molar-refractivity contribution in [3.8, 4) is 0 Å². The fraction of sp³-hybridized carbons (Fsp3) is 0.333. The molecule has 0 unspecified atom stereocenters. The van der Waals surface area contributed by atoms with Crippen molar-refractivity contribution in [1.29, 1.82) is 0 Å². The highest BCUT2D eigenvalue weighted by Gasteiger charge is 2.10. The van der Waals surface area contributed by atoms with E-state index in [-0.39, 0.29) is 5.91 Å². The number of rotatable bonds is 4. The van der Waals surface area contributed by atoms with Crippen molar-refractivity contribution >= 4 is 11.6 Å². The van der Waals surface area contributed by atoms with Crippen LogP contribution in [0.3, 0.4) is 0 Å². The van der Waals surface area contributed by atoms with E-state index in [1.54, 1.807) is 0 Å². The molecule has 4 nitrogen and oxygen atoms in total. The maximum Gasteiger partial charge on any atom is 0.230 e. The Balaban J connectivity index is 2.11. The van der Waals surface area contributed by atoms with E-state index in [0.717, 1.165) is 34.6 Å². The van der Waals surface area contributed by atoms with Crippen LogP contribution in [-0.4, -0.2) is 16.1 Å². The molecule has 0 radical (unpaired) electrons. The second-order valence-electron chi connectivity index (χ2n) is 4.73. The van der Waals surface area contributed by atoms with E-state index in [4.69, 9.17) is 0 Å². The van der Waals surface area contributed by atoms with Gasteiger partial charge in [0.2, 0.25) is 5.91 Å². The van der Waals surface area contributed by atoms with Gasteiger partial charge in [0.1, 0.15) is 0 Å². The highest BCUT2D eigenvalue weighted by atomic mass is 16.1. The molecule has 1 heterocycles. The third-order valence-electron chi connectivity index (χ3n) is 3.11. The Bertz CT molecular complexity index is 587. The molecule has 0 aliphatic heterocycles. The van der Waals surface area contributed by atoms with Crippen molar-refractivity contribution in [3.05, 3.63) is 46.8 Å². The highest BCUT2D eigenvalue weighted by molar-refractivity contribution is 5.93. The highest BCUT2D eigenvalue weighted by Crippen LogP contribution is 2.21. The molecule has 1 aromatic heterocycles. The van der Waals surface area contributed by atoms with Crippen molar-refractivity contribution in [2.75, 3.05) is 5.32 Å². The SMILES string of the molecule is CCc1cccc(C)c1NC(=O)Cc1cc(C)[nH]n1. The normalized spacial score (nSPS) is 10.5. The van der Waals surface area contributed by atoms with Crippen LogP contribution in [0.15, 0.2) is 24.3 Å². The maximum absolute atomic E-state index is 12.0. The maximum atomic E-state index is 12.0. The smallest absolute Gasteiger partial charge is 0.230 e. The van der Waals surface area contributed by atoms with E-state index in [1.165, 1.54) is 0 Å². The lowest BCUT2D eigenvalue weighted by Crippen LogP contribution is -2.16. The van der Waals surface area contributed by atoms with Gasteiger partial charge in [0.05, 0.1) is 12.1 Å². The Morgan fingerprint density at radius 3 is 2.79 bits per heavy atom. The lowest BCUT2D eigenvalue weighted by molar-refractivity contribution is -0.115. The first-order chi connectivity index (χ1) is 9.10. The molecule has 0 bridgehead atoms. The molecule has 0 spiro atoms. The Hall–Kier alpha value is -2.10. The van der Waals surface area contributed by atoms with Gasteiger partial charge in [0, 0.05) is 11.4 Å². The van der Waals surface area contributed by atoms with Crippen molar-refractivity contribution in [1.82, 2.24) is 10.2 Å². The number of nitrogens with zero attached hydrogens (tertiary/aromatic N) is 1. The molecular weight excluding hydrogens is 238 g/mol. The first-order valence-corrected chi connectivity index (χ1v) is 6.49. The fourth-order valence-corrected chi connectivity index (χ4v) is 2.12. The van der Waals surface area contributed by atoms with Crippen molar-refractivity contribution in [2.24, 2.45) is 0 Å². The fourth-order valence-electron chi connectivity index (χ4n) is 2.12. The Labute approximate surface area is 113 Å². The summed E-state index contributed by atoms with van der Waals surface area (Å²) < 4.78 is 0. The molecule has 0 aliphatic carbocycles. The number of aromatic amines is 1. The number of para-hydroxylation sites is 1. The minimum absolute atomic E-state index is 0.0319. The number of carbonyl (C=O) groups is 1. The van der Waals surface area contributed by atoms with Crippen LogP contribution in [0.4, 0.5) is 5.69 Å². The summed E-state index contributed by atoms with van der Waals surface area (Å²) in [5.74, 6) is -0.0319. The zero-order valence-corrected chi connectivity index (χ0v) is 11.6. The largest absolute Gasteiger partial charge is 0.325 e. The first-order valence-electron chi connectivity index (χ1n) is 6.49. The summed E-state index contributed by atoms with van der Waals surface area (Å²) in [7, 11) is 0. The summed E-state index contributed by atoms with van der Waals surface area (Å²) in [5.41, 5.74) is 4.91. The van der Waals surface area contributed by atoms with E-state index in [1.807, 2.05) is 38.1 Å². The van der Waals surface area contributed by atoms with Crippen LogP contribution >= 0.6 is 0 Å². The zero-order chi connectivity index (χ0) is 13.8. The number of carbonyl (C=O) groups excluding carboxylic acids is 1. The standard InChI is InChI=1S/C15H19N3O/c1-4-12-7-5-6-10(2)15(12)16-14(19)9-13-8-11(3)17-18-13/h5-8H,4,9H2,1-3H3,(H,16,19)(H,17,18). The van der Waals surface area contributed by atoms with Gasteiger partial charge >= 0.3 is 0 Å². The van der Waals surface area contributed by atoms with Gasteiger partial charge in [-0.15, -0.1) is 0 Å². The van der Waals surface area contributed by atoms with Gasteiger partial charge in [-0.25, -0.2) is 0 Å². The number of amides is 1. The van der Waals surface area contributed by atoms with Gasteiger partial charge in [-0.05, 0) is 37.5 Å². The van der Waals surface area contributed by atoms with Gasteiger partial charge in [-0.1, -0.05) is 25.1 Å². The van der Waals surface area contributed by atoms with E-state index >= 15 is 0 Å². The minimum atomic E-state index is -0.0319. The number of aryl methyl sites for hydroxylation is 3. The van der Waals surface area contributed by atoms with Gasteiger partial charge in [-0.3, -0.25) is 9.89 Å². The summed E-state index contributed by atoms with van der Waals surface area (Å²) in [6.07, 6.45) is 1.20. The second kappa shape index (κ2) is 5.69. The molecule has 2 N–H and O–H groups in total. The lowest BCUT2D eigenvalue weighted by atomic mass is 10.1. The molecular formula is C15H19N3O. The number of aromatic nitrogens is 2. The summed E-state index contributed by atoms with van der Waals surface area (Å²) in [4.78, 5) is 12.0.